The van der Waals surface area contributed by atoms with E-state index >= 15 is 0 Å². The average Bonchev–Trinajstić information content (AvgIpc) is 2.70. The van der Waals surface area contributed by atoms with Gasteiger partial charge in [0.15, 0.2) is 5.82 Å². The van der Waals surface area contributed by atoms with Crippen LogP contribution >= 0.6 is 15.9 Å². The Hall–Kier alpha value is -1.10. The maximum atomic E-state index is 4.42. The molecular weight excluding hydrogens is 268 g/mol. The molecule has 0 atom stereocenters. The minimum Gasteiger partial charge on any atom is -0.355 e. The van der Waals surface area contributed by atoms with Crippen molar-refractivity contribution in [3.05, 3.63) is 23.1 Å². The Balaban J connectivity index is 2.07. The molecule has 0 bridgehead atoms. The number of aromatic nitrogens is 3. The fourth-order valence-corrected chi connectivity index (χ4v) is 2.65. The standard InChI is InChI=1S/C11H13BrN4/c12-9-6-10-11(13-8-14-16(10)7-9)15-4-2-1-3-5-15/h6-8H,1-5H2. The second kappa shape index (κ2) is 4.05. The van der Waals surface area contributed by atoms with E-state index in [1.807, 2.05) is 10.7 Å². The van der Waals surface area contributed by atoms with Crippen LogP contribution in [0.2, 0.25) is 0 Å². The number of anilines is 1. The van der Waals surface area contributed by atoms with E-state index in [0.29, 0.717) is 0 Å². The van der Waals surface area contributed by atoms with E-state index in [9.17, 15) is 0 Å². The maximum absolute atomic E-state index is 4.42. The van der Waals surface area contributed by atoms with Crippen LogP contribution in [0, 0.1) is 0 Å². The Kier molecular flexibility index (Phi) is 2.55. The van der Waals surface area contributed by atoms with Crippen LogP contribution in [0.4, 0.5) is 5.82 Å². The second-order valence-electron chi connectivity index (χ2n) is 4.12. The van der Waals surface area contributed by atoms with Crippen molar-refractivity contribution in [2.45, 2.75) is 19.3 Å². The molecular formula is C11H13BrN4. The molecule has 0 spiro atoms. The Morgan fingerprint density at radius 3 is 2.81 bits per heavy atom. The molecule has 0 aliphatic carbocycles. The zero-order chi connectivity index (χ0) is 11.0. The van der Waals surface area contributed by atoms with Crippen LogP contribution in [0.1, 0.15) is 19.3 Å². The molecule has 2 aromatic rings. The molecule has 4 nitrogen and oxygen atoms in total. The molecule has 1 fully saturated rings. The van der Waals surface area contributed by atoms with Gasteiger partial charge in [-0.15, -0.1) is 0 Å². The van der Waals surface area contributed by atoms with Crippen molar-refractivity contribution in [1.29, 1.82) is 0 Å². The van der Waals surface area contributed by atoms with Crippen molar-refractivity contribution in [3.63, 3.8) is 0 Å². The van der Waals surface area contributed by atoms with Crippen LogP contribution in [0.15, 0.2) is 23.1 Å². The van der Waals surface area contributed by atoms with Gasteiger partial charge in [-0.2, -0.15) is 5.10 Å². The van der Waals surface area contributed by atoms with Gasteiger partial charge in [0.2, 0.25) is 0 Å². The lowest BCUT2D eigenvalue weighted by Crippen LogP contribution is -2.30. The summed E-state index contributed by atoms with van der Waals surface area (Å²) in [5.41, 5.74) is 1.08. The molecule has 3 heterocycles. The molecule has 0 unspecified atom stereocenters. The van der Waals surface area contributed by atoms with E-state index < -0.39 is 0 Å². The van der Waals surface area contributed by atoms with Crippen LogP contribution in [-0.2, 0) is 0 Å². The molecule has 0 amide bonds. The van der Waals surface area contributed by atoms with Gasteiger partial charge in [0.25, 0.3) is 0 Å². The third kappa shape index (κ3) is 1.69. The van der Waals surface area contributed by atoms with Gasteiger partial charge in [0.05, 0.1) is 0 Å². The van der Waals surface area contributed by atoms with Crippen molar-refractivity contribution in [3.8, 4) is 0 Å². The SMILES string of the molecule is Brc1cc2c(N3CCCCC3)ncnn2c1. The monoisotopic (exact) mass is 280 g/mol. The highest BCUT2D eigenvalue weighted by atomic mass is 79.9. The first-order valence-corrected chi connectivity index (χ1v) is 6.38. The predicted molar refractivity (Wildman–Crippen MR) is 66.8 cm³/mol. The zero-order valence-electron chi connectivity index (χ0n) is 8.93. The third-order valence-electron chi connectivity index (χ3n) is 3.01. The van der Waals surface area contributed by atoms with E-state index in [0.717, 1.165) is 28.9 Å². The van der Waals surface area contributed by atoms with Crippen LogP contribution in [-0.4, -0.2) is 27.7 Å². The molecule has 0 N–H and O–H groups in total. The molecule has 2 aromatic heterocycles. The molecule has 5 heteroatoms. The first-order chi connectivity index (χ1) is 7.84. The fourth-order valence-electron chi connectivity index (χ4n) is 2.23. The van der Waals surface area contributed by atoms with Crippen molar-refractivity contribution in [2.24, 2.45) is 0 Å². The van der Waals surface area contributed by atoms with Gasteiger partial charge in [0, 0.05) is 23.8 Å². The second-order valence-corrected chi connectivity index (χ2v) is 5.04. The van der Waals surface area contributed by atoms with Gasteiger partial charge < -0.3 is 4.90 Å². The molecule has 1 saturated heterocycles. The van der Waals surface area contributed by atoms with Crippen LogP contribution in [0.25, 0.3) is 5.52 Å². The first-order valence-electron chi connectivity index (χ1n) is 5.58. The minimum absolute atomic E-state index is 1.05. The number of piperidine rings is 1. The summed E-state index contributed by atoms with van der Waals surface area (Å²) < 4.78 is 2.92. The van der Waals surface area contributed by atoms with Crippen molar-refractivity contribution in [1.82, 2.24) is 14.6 Å². The number of fused-ring (bicyclic) bond motifs is 1. The van der Waals surface area contributed by atoms with Crippen LogP contribution in [0.5, 0.6) is 0 Å². The maximum Gasteiger partial charge on any atom is 0.156 e. The van der Waals surface area contributed by atoms with Gasteiger partial charge >= 0.3 is 0 Å². The Labute approximate surface area is 102 Å². The highest BCUT2D eigenvalue weighted by molar-refractivity contribution is 9.10. The summed E-state index contributed by atoms with van der Waals surface area (Å²) in [6.45, 7) is 2.21. The van der Waals surface area contributed by atoms with Gasteiger partial charge in [0.1, 0.15) is 11.8 Å². The van der Waals surface area contributed by atoms with Crippen molar-refractivity contribution < 1.29 is 0 Å². The summed E-state index contributed by atoms with van der Waals surface area (Å²) >= 11 is 3.48. The topological polar surface area (TPSA) is 33.4 Å². The number of halogens is 1. The molecule has 1 aliphatic heterocycles. The predicted octanol–water partition coefficient (Wildman–Crippen LogP) is 2.48. The first kappa shape index (κ1) is 10.1. The number of nitrogens with zero attached hydrogens (tertiary/aromatic N) is 4. The van der Waals surface area contributed by atoms with Gasteiger partial charge in [-0.25, -0.2) is 9.50 Å². The van der Waals surface area contributed by atoms with Gasteiger partial charge in [-0.3, -0.25) is 0 Å². The molecule has 16 heavy (non-hydrogen) atoms. The summed E-state index contributed by atoms with van der Waals surface area (Å²) in [6, 6.07) is 2.07. The Morgan fingerprint density at radius 2 is 2.00 bits per heavy atom. The Morgan fingerprint density at radius 1 is 1.19 bits per heavy atom. The molecule has 84 valence electrons. The largest absolute Gasteiger partial charge is 0.355 e. The van der Waals surface area contributed by atoms with Crippen LogP contribution < -0.4 is 4.90 Å². The molecule has 0 aromatic carbocycles. The van der Waals surface area contributed by atoms with Crippen molar-refractivity contribution >= 4 is 27.3 Å². The summed E-state index contributed by atoms with van der Waals surface area (Å²) in [5, 5.41) is 4.21. The number of hydrogen-bond donors (Lipinski definition) is 0. The van der Waals surface area contributed by atoms with E-state index in [1.165, 1.54) is 19.3 Å². The molecule has 0 radical (unpaired) electrons. The number of hydrogen-bond acceptors (Lipinski definition) is 3. The Bertz CT molecular complexity index is 502. The third-order valence-corrected chi connectivity index (χ3v) is 3.44. The van der Waals surface area contributed by atoms with E-state index in [4.69, 9.17) is 0 Å². The lowest BCUT2D eigenvalue weighted by Gasteiger charge is -2.27. The lowest BCUT2D eigenvalue weighted by atomic mass is 10.1. The highest BCUT2D eigenvalue weighted by Gasteiger charge is 2.15. The van der Waals surface area contributed by atoms with E-state index in [-0.39, 0.29) is 0 Å². The van der Waals surface area contributed by atoms with Crippen molar-refractivity contribution in [2.75, 3.05) is 18.0 Å². The molecule has 0 saturated carbocycles. The summed E-state index contributed by atoms with van der Waals surface area (Å²) in [4.78, 5) is 6.77. The summed E-state index contributed by atoms with van der Waals surface area (Å²) in [6.07, 6.45) is 7.45. The normalized spacial score (nSPS) is 16.9. The molecule has 1 aliphatic rings. The van der Waals surface area contributed by atoms with E-state index in [2.05, 4.69) is 37.0 Å². The van der Waals surface area contributed by atoms with Crippen LogP contribution in [0.3, 0.4) is 0 Å². The number of rotatable bonds is 1. The average molecular weight is 281 g/mol. The van der Waals surface area contributed by atoms with E-state index in [1.54, 1.807) is 6.33 Å². The minimum atomic E-state index is 1.05. The van der Waals surface area contributed by atoms with Gasteiger partial charge in [-0.05, 0) is 41.3 Å². The van der Waals surface area contributed by atoms with Gasteiger partial charge in [-0.1, -0.05) is 0 Å². The zero-order valence-corrected chi connectivity index (χ0v) is 10.5. The summed E-state index contributed by atoms with van der Waals surface area (Å²) in [7, 11) is 0. The lowest BCUT2D eigenvalue weighted by molar-refractivity contribution is 0.573. The highest BCUT2D eigenvalue weighted by Crippen LogP contribution is 2.25. The summed E-state index contributed by atoms with van der Waals surface area (Å²) in [5.74, 6) is 1.06. The smallest absolute Gasteiger partial charge is 0.156 e. The quantitative estimate of drug-likeness (QED) is 0.805. The fraction of sp³-hybridized carbons (Fsp3) is 0.455. The molecule has 3 rings (SSSR count).